The second-order valence-electron chi connectivity index (χ2n) is 7.50. The highest BCUT2D eigenvalue weighted by molar-refractivity contribution is 9.10. The summed E-state index contributed by atoms with van der Waals surface area (Å²) in [7, 11) is 1.52. The SMILES string of the molecule is CCc1cc(Br)cc(C)c1NC(=O)CSC1=C(C#N)[C@@H](c2ccc(OC)c(Cl)c2)CC(=O)N1. The molecule has 1 atom stereocenters. The van der Waals surface area contributed by atoms with Gasteiger partial charge in [0.25, 0.3) is 0 Å². The molecule has 2 aromatic carbocycles. The number of halogens is 2. The van der Waals surface area contributed by atoms with Gasteiger partial charge in [-0.05, 0) is 54.3 Å². The van der Waals surface area contributed by atoms with Crippen LogP contribution in [0.25, 0.3) is 0 Å². The highest BCUT2D eigenvalue weighted by atomic mass is 79.9. The number of methoxy groups -OCH3 is 1. The van der Waals surface area contributed by atoms with Crippen LogP contribution in [0.4, 0.5) is 5.69 Å². The van der Waals surface area contributed by atoms with Crippen molar-refractivity contribution in [1.82, 2.24) is 5.32 Å². The van der Waals surface area contributed by atoms with E-state index in [1.165, 1.54) is 7.11 Å². The van der Waals surface area contributed by atoms with Crippen molar-refractivity contribution in [1.29, 1.82) is 5.26 Å². The van der Waals surface area contributed by atoms with Gasteiger partial charge in [-0.3, -0.25) is 9.59 Å². The number of benzene rings is 2. The summed E-state index contributed by atoms with van der Waals surface area (Å²) >= 11 is 10.9. The number of anilines is 1. The van der Waals surface area contributed by atoms with Gasteiger partial charge in [-0.25, -0.2) is 0 Å². The van der Waals surface area contributed by atoms with Crippen LogP contribution in [-0.4, -0.2) is 24.7 Å². The molecule has 0 spiro atoms. The topological polar surface area (TPSA) is 91.2 Å². The van der Waals surface area contributed by atoms with Crippen molar-refractivity contribution in [3.8, 4) is 11.8 Å². The van der Waals surface area contributed by atoms with Crippen molar-refractivity contribution in [2.45, 2.75) is 32.6 Å². The van der Waals surface area contributed by atoms with Gasteiger partial charge >= 0.3 is 0 Å². The van der Waals surface area contributed by atoms with Crippen LogP contribution in [0.2, 0.25) is 5.02 Å². The third-order valence-corrected chi connectivity index (χ3v) is 7.08. The van der Waals surface area contributed by atoms with Gasteiger partial charge in [0.1, 0.15) is 5.75 Å². The Morgan fingerprint density at radius 3 is 2.79 bits per heavy atom. The largest absolute Gasteiger partial charge is 0.495 e. The molecule has 172 valence electrons. The number of aryl methyl sites for hydroxylation is 2. The van der Waals surface area contributed by atoms with Crippen molar-refractivity contribution in [2.75, 3.05) is 18.2 Å². The molecule has 0 radical (unpaired) electrons. The molecule has 33 heavy (non-hydrogen) atoms. The number of hydrogen-bond acceptors (Lipinski definition) is 5. The van der Waals surface area contributed by atoms with E-state index in [0.29, 0.717) is 21.4 Å². The number of allylic oxidation sites excluding steroid dienone is 1. The lowest BCUT2D eigenvalue weighted by atomic mass is 9.87. The number of rotatable bonds is 7. The molecule has 1 aliphatic heterocycles. The molecule has 9 heteroatoms. The predicted molar refractivity (Wildman–Crippen MR) is 135 cm³/mol. The summed E-state index contributed by atoms with van der Waals surface area (Å²) in [6.45, 7) is 3.97. The van der Waals surface area contributed by atoms with E-state index in [9.17, 15) is 14.9 Å². The van der Waals surface area contributed by atoms with Crippen molar-refractivity contribution in [3.63, 3.8) is 0 Å². The first-order valence-corrected chi connectivity index (χ1v) is 12.4. The molecule has 2 N–H and O–H groups in total. The minimum atomic E-state index is -0.446. The third kappa shape index (κ3) is 5.91. The van der Waals surface area contributed by atoms with Crippen LogP contribution in [0.5, 0.6) is 5.75 Å². The standard InChI is InChI=1S/C24H23BrClN3O3S/c1-4-14-8-16(25)7-13(2)23(14)28-22(31)12-33-24-18(11-27)17(10-21(30)29-24)15-5-6-20(32-3)19(26)9-15/h5-9,17H,4,10,12H2,1-3H3,(H,28,31)(H,29,30)/t17-/m1/s1. The highest BCUT2D eigenvalue weighted by Gasteiger charge is 2.30. The minimum absolute atomic E-state index is 0.0511. The molecule has 0 saturated heterocycles. The van der Waals surface area contributed by atoms with E-state index in [-0.39, 0.29) is 24.0 Å². The average Bonchev–Trinajstić information content (AvgIpc) is 2.78. The lowest BCUT2D eigenvalue weighted by molar-refractivity contribution is -0.121. The number of nitrogens with one attached hydrogen (secondary N) is 2. The molecule has 0 fully saturated rings. The summed E-state index contributed by atoms with van der Waals surface area (Å²) in [5.41, 5.74) is 3.92. The zero-order valence-corrected chi connectivity index (χ0v) is 21.6. The van der Waals surface area contributed by atoms with E-state index in [1.54, 1.807) is 18.2 Å². The second kappa shape index (κ2) is 11.1. The van der Waals surface area contributed by atoms with Gasteiger partial charge in [0.05, 0.1) is 34.6 Å². The Labute approximate surface area is 210 Å². The molecule has 0 aliphatic carbocycles. The van der Waals surface area contributed by atoms with E-state index >= 15 is 0 Å². The van der Waals surface area contributed by atoms with Crippen LogP contribution in [0, 0.1) is 18.3 Å². The summed E-state index contributed by atoms with van der Waals surface area (Å²) in [6.07, 6.45) is 0.898. The predicted octanol–water partition coefficient (Wildman–Crippen LogP) is 5.69. The minimum Gasteiger partial charge on any atom is -0.495 e. The average molecular weight is 549 g/mol. The van der Waals surface area contributed by atoms with Gasteiger partial charge < -0.3 is 15.4 Å². The first-order valence-electron chi connectivity index (χ1n) is 10.3. The van der Waals surface area contributed by atoms with Gasteiger partial charge in [0.2, 0.25) is 11.8 Å². The maximum absolute atomic E-state index is 12.7. The molecule has 0 saturated carbocycles. The van der Waals surface area contributed by atoms with Gasteiger partial charge in [0.15, 0.2) is 0 Å². The van der Waals surface area contributed by atoms with Crippen molar-refractivity contribution in [3.05, 3.63) is 67.1 Å². The number of thioether (sulfide) groups is 1. The summed E-state index contributed by atoms with van der Waals surface area (Å²) in [5.74, 6) is -0.308. The van der Waals surface area contributed by atoms with Crippen molar-refractivity contribution in [2.24, 2.45) is 0 Å². The summed E-state index contributed by atoms with van der Waals surface area (Å²) < 4.78 is 6.15. The number of ether oxygens (including phenoxy) is 1. The highest BCUT2D eigenvalue weighted by Crippen LogP contribution is 2.38. The van der Waals surface area contributed by atoms with Crippen molar-refractivity contribution >= 4 is 56.8 Å². The number of amides is 2. The monoisotopic (exact) mass is 547 g/mol. The van der Waals surface area contributed by atoms with Gasteiger partial charge in [-0.15, -0.1) is 0 Å². The first kappa shape index (κ1) is 25.2. The Bertz CT molecular complexity index is 1180. The number of carbonyl (C=O) groups is 2. The number of nitriles is 1. The Morgan fingerprint density at radius 2 is 2.15 bits per heavy atom. The summed E-state index contributed by atoms with van der Waals surface area (Å²) in [6, 6.07) is 11.4. The Kier molecular flexibility index (Phi) is 8.46. The molecule has 0 aromatic heterocycles. The Hall–Kier alpha value is -2.47. The zero-order valence-electron chi connectivity index (χ0n) is 18.4. The molecular weight excluding hydrogens is 526 g/mol. The lowest BCUT2D eigenvalue weighted by Crippen LogP contribution is -2.31. The first-order chi connectivity index (χ1) is 15.8. The van der Waals surface area contributed by atoms with E-state index < -0.39 is 5.92 Å². The maximum Gasteiger partial charge on any atom is 0.234 e. The van der Waals surface area contributed by atoms with Gasteiger partial charge in [-0.2, -0.15) is 5.26 Å². The van der Waals surface area contributed by atoms with Crippen LogP contribution in [0.15, 0.2) is 45.4 Å². The fourth-order valence-corrected chi connectivity index (χ4v) is 5.46. The fourth-order valence-electron chi connectivity index (χ4n) is 3.70. The van der Waals surface area contributed by atoms with E-state index in [4.69, 9.17) is 16.3 Å². The molecule has 0 bridgehead atoms. The smallest absolute Gasteiger partial charge is 0.234 e. The van der Waals surface area contributed by atoms with E-state index in [1.807, 2.05) is 26.0 Å². The van der Waals surface area contributed by atoms with Crippen LogP contribution in [0.1, 0.15) is 36.0 Å². The number of hydrogen-bond donors (Lipinski definition) is 2. The molecule has 6 nitrogen and oxygen atoms in total. The van der Waals surface area contributed by atoms with Gasteiger partial charge in [0, 0.05) is 22.5 Å². The second-order valence-corrected chi connectivity index (χ2v) is 9.81. The number of nitrogens with zero attached hydrogens (tertiary/aromatic N) is 1. The van der Waals surface area contributed by atoms with Crippen LogP contribution >= 0.6 is 39.3 Å². The van der Waals surface area contributed by atoms with E-state index in [0.717, 1.165) is 45.0 Å². The fraction of sp³-hybridized carbons (Fsp3) is 0.292. The van der Waals surface area contributed by atoms with Crippen LogP contribution in [0.3, 0.4) is 0 Å². The molecule has 1 aliphatic rings. The molecule has 2 aromatic rings. The summed E-state index contributed by atoms with van der Waals surface area (Å²) in [4.78, 5) is 25.1. The van der Waals surface area contributed by atoms with Crippen LogP contribution < -0.4 is 15.4 Å². The molecule has 0 unspecified atom stereocenters. The van der Waals surface area contributed by atoms with Gasteiger partial charge in [-0.1, -0.05) is 52.3 Å². The zero-order chi connectivity index (χ0) is 24.1. The lowest BCUT2D eigenvalue weighted by Gasteiger charge is -2.25. The Balaban J connectivity index is 1.80. The normalized spacial score (nSPS) is 15.6. The molecule has 1 heterocycles. The molecular formula is C24H23BrClN3O3S. The third-order valence-electron chi connectivity index (χ3n) is 5.31. The van der Waals surface area contributed by atoms with Crippen LogP contribution in [-0.2, 0) is 16.0 Å². The maximum atomic E-state index is 12.7. The van der Waals surface area contributed by atoms with Crippen molar-refractivity contribution < 1.29 is 14.3 Å². The van der Waals surface area contributed by atoms with E-state index in [2.05, 4.69) is 32.6 Å². The Morgan fingerprint density at radius 1 is 1.39 bits per heavy atom. The molecule has 2 amide bonds. The summed E-state index contributed by atoms with van der Waals surface area (Å²) in [5, 5.41) is 16.4. The number of carbonyl (C=O) groups excluding carboxylic acids is 2. The molecule has 3 rings (SSSR count). The quantitative estimate of drug-likeness (QED) is 0.464.